The molecule has 2 aromatic carbocycles. The zero-order valence-electron chi connectivity index (χ0n) is 15.8. The molecule has 0 saturated heterocycles. The van der Waals surface area contributed by atoms with Crippen LogP contribution in [0, 0.1) is 17.0 Å². The van der Waals surface area contributed by atoms with Crippen LogP contribution in [0.4, 0.5) is 11.4 Å². The number of nitrogens with one attached hydrogen (secondary N) is 2. The summed E-state index contributed by atoms with van der Waals surface area (Å²) in [6.07, 6.45) is 0. The monoisotopic (exact) mass is 401 g/mol. The Labute approximate surface area is 166 Å². The number of methoxy groups -OCH3 is 1. The number of hydrogen-bond donors (Lipinski definition) is 2. The third-order valence-corrected chi connectivity index (χ3v) is 3.80. The number of ether oxygens (including phenoxy) is 2. The Kier molecular flexibility index (Phi) is 7.24. The standard InChI is InChI=1S/C19H19N3O7/c1-12-7-8-13(9-15(12)22(26)27)21-17(23)11-29-18(24)10-20-19(25)14-5-3-4-6-16(14)28-2/h3-9H,10-11H2,1-2H3,(H,20,25)(H,21,23). The second-order valence-corrected chi connectivity index (χ2v) is 5.85. The van der Waals surface area contributed by atoms with Gasteiger partial charge < -0.3 is 20.1 Å². The number of anilines is 1. The van der Waals surface area contributed by atoms with Crippen molar-refractivity contribution in [2.24, 2.45) is 0 Å². The average Bonchev–Trinajstić information content (AvgIpc) is 2.71. The third kappa shape index (κ3) is 6.03. The molecule has 0 aliphatic carbocycles. The summed E-state index contributed by atoms with van der Waals surface area (Å²) in [6, 6.07) is 10.7. The lowest BCUT2D eigenvalue weighted by Crippen LogP contribution is -2.32. The van der Waals surface area contributed by atoms with Crippen LogP contribution in [-0.2, 0) is 14.3 Å². The molecule has 2 rings (SSSR count). The van der Waals surface area contributed by atoms with Crippen LogP contribution < -0.4 is 15.4 Å². The summed E-state index contributed by atoms with van der Waals surface area (Å²) < 4.78 is 9.86. The first-order chi connectivity index (χ1) is 13.8. The fraction of sp³-hybridized carbons (Fsp3) is 0.211. The molecule has 10 heteroatoms. The second kappa shape index (κ2) is 9.83. The quantitative estimate of drug-likeness (QED) is 0.391. The number of nitro groups is 1. The minimum absolute atomic E-state index is 0.140. The second-order valence-electron chi connectivity index (χ2n) is 5.85. The molecule has 10 nitrogen and oxygen atoms in total. The van der Waals surface area contributed by atoms with Crippen LogP contribution in [0.5, 0.6) is 5.75 Å². The summed E-state index contributed by atoms with van der Waals surface area (Å²) >= 11 is 0. The van der Waals surface area contributed by atoms with Gasteiger partial charge in [0.2, 0.25) is 0 Å². The van der Waals surface area contributed by atoms with Gasteiger partial charge in [-0.05, 0) is 25.1 Å². The van der Waals surface area contributed by atoms with Crippen molar-refractivity contribution >= 4 is 29.2 Å². The molecule has 0 heterocycles. The molecule has 2 amide bonds. The molecule has 0 aliphatic heterocycles. The van der Waals surface area contributed by atoms with Crippen LogP contribution in [0.15, 0.2) is 42.5 Å². The first-order valence-electron chi connectivity index (χ1n) is 8.43. The molecule has 2 aromatic rings. The summed E-state index contributed by atoms with van der Waals surface area (Å²) in [5, 5.41) is 15.7. The number of nitro benzene ring substituents is 1. The van der Waals surface area contributed by atoms with Crippen LogP contribution in [0.2, 0.25) is 0 Å². The van der Waals surface area contributed by atoms with Crippen molar-refractivity contribution in [3.8, 4) is 5.75 Å². The Balaban J connectivity index is 1.82. The van der Waals surface area contributed by atoms with Gasteiger partial charge in [-0.25, -0.2) is 0 Å². The van der Waals surface area contributed by atoms with Crippen molar-refractivity contribution in [3.63, 3.8) is 0 Å². The van der Waals surface area contributed by atoms with Crippen molar-refractivity contribution in [3.05, 3.63) is 63.7 Å². The van der Waals surface area contributed by atoms with Crippen LogP contribution in [0.25, 0.3) is 0 Å². The van der Waals surface area contributed by atoms with Crippen molar-refractivity contribution in [1.82, 2.24) is 5.32 Å². The normalized spacial score (nSPS) is 10.0. The SMILES string of the molecule is COc1ccccc1C(=O)NCC(=O)OCC(=O)Nc1ccc(C)c([N+](=O)[O-])c1. The Hall–Kier alpha value is -3.95. The minimum atomic E-state index is -0.821. The molecule has 0 fully saturated rings. The lowest BCUT2D eigenvalue weighted by Gasteiger charge is -2.09. The fourth-order valence-corrected chi connectivity index (χ4v) is 2.36. The third-order valence-electron chi connectivity index (χ3n) is 3.80. The van der Waals surface area contributed by atoms with E-state index >= 15 is 0 Å². The molecular weight excluding hydrogens is 382 g/mol. The predicted octanol–water partition coefficient (Wildman–Crippen LogP) is 1.82. The van der Waals surface area contributed by atoms with Gasteiger partial charge in [0.1, 0.15) is 12.3 Å². The first-order valence-corrected chi connectivity index (χ1v) is 8.43. The van der Waals surface area contributed by atoms with E-state index in [2.05, 4.69) is 10.6 Å². The summed E-state index contributed by atoms with van der Waals surface area (Å²) in [6.45, 7) is 0.524. The summed E-state index contributed by atoms with van der Waals surface area (Å²) in [5.74, 6) is -1.67. The highest BCUT2D eigenvalue weighted by Crippen LogP contribution is 2.22. The maximum Gasteiger partial charge on any atom is 0.325 e. The molecule has 29 heavy (non-hydrogen) atoms. The number of nitrogens with zero attached hydrogens (tertiary/aromatic N) is 1. The summed E-state index contributed by atoms with van der Waals surface area (Å²) in [5.41, 5.74) is 0.762. The minimum Gasteiger partial charge on any atom is -0.496 e. The summed E-state index contributed by atoms with van der Waals surface area (Å²) in [4.78, 5) is 46.1. The number of amides is 2. The van der Waals surface area contributed by atoms with Gasteiger partial charge in [-0.1, -0.05) is 18.2 Å². The van der Waals surface area contributed by atoms with Gasteiger partial charge in [0.25, 0.3) is 17.5 Å². The van der Waals surface area contributed by atoms with Crippen LogP contribution in [0.3, 0.4) is 0 Å². The first kappa shape index (κ1) is 21.4. The topological polar surface area (TPSA) is 137 Å². The Morgan fingerprint density at radius 3 is 2.55 bits per heavy atom. The number of carbonyl (C=O) groups is 3. The molecule has 152 valence electrons. The lowest BCUT2D eigenvalue weighted by atomic mass is 10.2. The fourth-order valence-electron chi connectivity index (χ4n) is 2.36. The van der Waals surface area contributed by atoms with E-state index in [1.54, 1.807) is 25.1 Å². The van der Waals surface area contributed by atoms with E-state index in [-0.39, 0.29) is 16.9 Å². The average molecular weight is 401 g/mol. The lowest BCUT2D eigenvalue weighted by molar-refractivity contribution is -0.385. The van der Waals surface area contributed by atoms with Crippen LogP contribution in [-0.4, -0.2) is 43.0 Å². The van der Waals surface area contributed by atoms with Gasteiger partial charge in [-0.15, -0.1) is 0 Å². The van der Waals surface area contributed by atoms with E-state index < -0.39 is 35.9 Å². The molecule has 0 radical (unpaired) electrons. The van der Waals surface area contributed by atoms with E-state index in [1.807, 2.05) is 0 Å². The van der Waals surface area contributed by atoms with E-state index in [4.69, 9.17) is 9.47 Å². The van der Waals surface area contributed by atoms with Crippen molar-refractivity contribution in [2.45, 2.75) is 6.92 Å². The number of esters is 1. The molecule has 0 aliphatic rings. The van der Waals surface area contributed by atoms with E-state index in [9.17, 15) is 24.5 Å². The van der Waals surface area contributed by atoms with Gasteiger partial charge in [0.05, 0.1) is 17.6 Å². The largest absolute Gasteiger partial charge is 0.496 e. The smallest absolute Gasteiger partial charge is 0.325 e. The van der Waals surface area contributed by atoms with E-state index in [0.29, 0.717) is 11.3 Å². The maximum absolute atomic E-state index is 12.1. The molecule has 0 bridgehead atoms. The van der Waals surface area contributed by atoms with E-state index in [0.717, 1.165) is 0 Å². The Morgan fingerprint density at radius 1 is 1.14 bits per heavy atom. The maximum atomic E-state index is 12.1. The molecule has 0 spiro atoms. The van der Waals surface area contributed by atoms with Gasteiger partial charge in [0, 0.05) is 17.3 Å². The molecular formula is C19H19N3O7. The zero-order valence-corrected chi connectivity index (χ0v) is 15.8. The van der Waals surface area contributed by atoms with Crippen molar-refractivity contribution in [2.75, 3.05) is 25.6 Å². The highest BCUT2D eigenvalue weighted by Gasteiger charge is 2.15. The van der Waals surface area contributed by atoms with Crippen LogP contribution in [0.1, 0.15) is 15.9 Å². The number of carbonyl (C=O) groups excluding carboxylic acids is 3. The predicted molar refractivity (Wildman–Crippen MR) is 103 cm³/mol. The molecule has 2 N–H and O–H groups in total. The molecule has 0 atom stereocenters. The highest BCUT2D eigenvalue weighted by atomic mass is 16.6. The molecule has 0 aromatic heterocycles. The number of benzene rings is 2. The zero-order chi connectivity index (χ0) is 21.4. The highest BCUT2D eigenvalue weighted by molar-refractivity contribution is 5.98. The van der Waals surface area contributed by atoms with Gasteiger partial charge in [-0.3, -0.25) is 24.5 Å². The summed E-state index contributed by atoms with van der Waals surface area (Å²) in [7, 11) is 1.42. The number of para-hydroxylation sites is 1. The molecule has 0 unspecified atom stereocenters. The van der Waals surface area contributed by atoms with Crippen molar-refractivity contribution in [1.29, 1.82) is 0 Å². The van der Waals surface area contributed by atoms with Crippen LogP contribution >= 0.6 is 0 Å². The van der Waals surface area contributed by atoms with Gasteiger partial charge >= 0.3 is 5.97 Å². The molecule has 0 saturated carbocycles. The number of rotatable bonds is 8. The Morgan fingerprint density at radius 2 is 1.86 bits per heavy atom. The van der Waals surface area contributed by atoms with Gasteiger partial charge in [-0.2, -0.15) is 0 Å². The van der Waals surface area contributed by atoms with E-state index in [1.165, 1.54) is 31.4 Å². The van der Waals surface area contributed by atoms with Crippen molar-refractivity contribution < 1.29 is 28.8 Å². The number of aryl methyl sites for hydroxylation is 1. The number of hydrogen-bond acceptors (Lipinski definition) is 7. The Bertz CT molecular complexity index is 943. The van der Waals surface area contributed by atoms with Gasteiger partial charge in [0.15, 0.2) is 6.61 Å².